The number of aromatic nitrogens is 4. The van der Waals surface area contributed by atoms with Crippen molar-refractivity contribution in [2.75, 3.05) is 19.0 Å². The van der Waals surface area contributed by atoms with Gasteiger partial charge in [0.15, 0.2) is 17.7 Å². The first-order chi connectivity index (χ1) is 16.3. The van der Waals surface area contributed by atoms with Gasteiger partial charge in [0.1, 0.15) is 23.8 Å². The van der Waals surface area contributed by atoms with Crippen LogP contribution in [-0.4, -0.2) is 45.1 Å². The topological polar surface area (TPSA) is 123 Å². The number of rotatable bonds is 11. The molecule has 0 saturated carbocycles. The molecule has 3 rings (SSSR count). The van der Waals surface area contributed by atoms with E-state index in [1.807, 2.05) is 0 Å². The van der Waals surface area contributed by atoms with E-state index in [1.54, 1.807) is 31.2 Å². The quantitative estimate of drug-likeness (QED) is 0.255. The summed E-state index contributed by atoms with van der Waals surface area (Å²) >= 11 is 0. The molecule has 0 spiro atoms. The Morgan fingerprint density at radius 2 is 1.94 bits per heavy atom. The number of hydrogen-bond donors (Lipinski definition) is 1. The second kappa shape index (κ2) is 11.1. The Morgan fingerprint density at radius 1 is 1.24 bits per heavy atom. The van der Waals surface area contributed by atoms with E-state index in [4.69, 9.17) is 19.9 Å². The highest BCUT2D eigenvalue weighted by molar-refractivity contribution is 5.74. The van der Waals surface area contributed by atoms with Crippen molar-refractivity contribution in [3.63, 3.8) is 0 Å². The number of carbonyl (C=O) groups is 1. The average molecular weight is 475 g/mol. The van der Waals surface area contributed by atoms with E-state index >= 15 is 0 Å². The Hall–Kier alpha value is -4.22. The molecule has 0 radical (unpaired) electrons. The number of nitrogens with zero attached hydrogens (tertiary/aromatic N) is 4. The number of esters is 1. The molecule has 12 heteroatoms. The van der Waals surface area contributed by atoms with Crippen LogP contribution in [0.2, 0.25) is 0 Å². The van der Waals surface area contributed by atoms with Crippen LogP contribution in [0.1, 0.15) is 13.3 Å². The van der Waals surface area contributed by atoms with E-state index < -0.39 is 30.3 Å². The van der Waals surface area contributed by atoms with Crippen molar-refractivity contribution in [2.24, 2.45) is 0 Å². The minimum absolute atomic E-state index is 0.00823. The van der Waals surface area contributed by atoms with Gasteiger partial charge in [0, 0.05) is 12.1 Å². The number of nitrogen functional groups attached to an aromatic ring is 1. The van der Waals surface area contributed by atoms with Crippen LogP contribution in [0.15, 0.2) is 53.8 Å². The van der Waals surface area contributed by atoms with Gasteiger partial charge in [0.25, 0.3) is 0 Å². The molecule has 1 atom stereocenters. The second-order valence-electron chi connectivity index (χ2n) is 7.03. The third-order valence-corrected chi connectivity index (χ3v) is 4.49. The maximum absolute atomic E-state index is 14.5. The molecule has 34 heavy (non-hydrogen) atoms. The van der Waals surface area contributed by atoms with E-state index in [-0.39, 0.29) is 36.7 Å². The van der Waals surface area contributed by atoms with E-state index in [0.29, 0.717) is 11.5 Å². The number of tetrazole rings is 1. The number of aryl methyl sites for hydroxylation is 1. The smallest absolute Gasteiger partial charge is 0.368 e. The molecular weight excluding hydrogens is 452 g/mol. The Balaban J connectivity index is 1.76. The number of anilines is 1. The molecule has 180 valence electrons. The van der Waals surface area contributed by atoms with Gasteiger partial charge < -0.3 is 19.9 Å². The van der Waals surface area contributed by atoms with E-state index in [1.165, 1.54) is 12.1 Å². The Bertz CT molecular complexity index is 1210. The van der Waals surface area contributed by atoms with Gasteiger partial charge in [-0.25, -0.2) is 14.0 Å². The van der Waals surface area contributed by atoms with E-state index in [9.17, 15) is 18.4 Å². The van der Waals surface area contributed by atoms with Crippen LogP contribution in [0.25, 0.3) is 5.69 Å². The van der Waals surface area contributed by atoms with Crippen LogP contribution < -0.4 is 20.9 Å². The molecule has 2 aromatic carbocycles. The van der Waals surface area contributed by atoms with Gasteiger partial charge in [0.05, 0.1) is 18.9 Å². The highest BCUT2D eigenvalue weighted by atomic mass is 19.1. The molecule has 0 aliphatic rings. The van der Waals surface area contributed by atoms with Crippen molar-refractivity contribution in [3.05, 3.63) is 65.4 Å². The molecule has 2 N–H and O–H groups in total. The van der Waals surface area contributed by atoms with Gasteiger partial charge in [-0.05, 0) is 48.0 Å². The molecule has 10 nitrogen and oxygen atoms in total. The predicted molar refractivity (Wildman–Crippen MR) is 118 cm³/mol. The van der Waals surface area contributed by atoms with Crippen LogP contribution >= 0.6 is 0 Å². The van der Waals surface area contributed by atoms with Crippen molar-refractivity contribution in [1.82, 2.24) is 19.8 Å². The van der Waals surface area contributed by atoms with Crippen molar-refractivity contribution in [3.8, 4) is 22.9 Å². The monoisotopic (exact) mass is 475 g/mol. The molecule has 0 bridgehead atoms. The van der Waals surface area contributed by atoms with Crippen molar-refractivity contribution < 1.29 is 27.8 Å². The van der Waals surface area contributed by atoms with Crippen LogP contribution in [0.5, 0.6) is 17.2 Å². The number of alkyl halides is 1. The summed E-state index contributed by atoms with van der Waals surface area (Å²) in [5.74, 6) is -0.567. The Kier molecular flexibility index (Phi) is 7.96. The number of halogens is 2. The largest absolute Gasteiger partial charge is 0.479 e. The first-order valence-corrected chi connectivity index (χ1v) is 10.2. The van der Waals surface area contributed by atoms with Gasteiger partial charge in [-0.1, -0.05) is 12.7 Å². The van der Waals surface area contributed by atoms with Crippen LogP contribution in [0.4, 0.5) is 14.5 Å². The summed E-state index contributed by atoms with van der Waals surface area (Å²) in [5, 5.41) is 7.28. The fourth-order valence-corrected chi connectivity index (χ4v) is 2.81. The highest BCUT2D eigenvalue weighted by Gasteiger charge is 2.18. The molecule has 1 unspecified atom stereocenters. The zero-order valence-electron chi connectivity index (χ0n) is 18.3. The molecule has 1 aromatic heterocycles. The zero-order chi connectivity index (χ0) is 24.7. The molecule has 0 saturated heterocycles. The molecule has 0 aliphatic heterocycles. The zero-order valence-corrected chi connectivity index (χ0v) is 18.3. The lowest BCUT2D eigenvalue weighted by molar-refractivity contribution is -0.149. The maximum Gasteiger partial charge on any atom is 0.368 e. The maximum atomic E-state index is 14.5. The fourth-order valence-electron chi connectivity index (χ4n) is 2.81. The number of benzene rings is 2. The third-order valence-electron chi connectivity index (χ3n) is 4.49. The molecule has 3 aromatic rings. The van der Waals surface area contributed by atoms with Gasteiger partial charge in [0.2, 0.25) is 0 Å². The summed E-state index contributed by atoms with van der Waals surface area (Å²) in [7, 11) is 0. The summed E-state index contributed by atoms with van der Waals surface area (Å²) in [6, 6.07) is 8.44. The van der Waals surface area contributed by atoms with Crippen LogP contribution in [0, 0.1) is 5.82 Å². The Labute approximate surface area is 193 Å². The number of ether oxygens (including phenoxy) is 3. The van der Waals surface area contributed by atoms with E-state index in [0.717, 1.165) is 15.4 Å². The highest BCUT2D eigenvalue weighted by Crippen LogP contribution is 2.32. The minimum atomic E-state index is -0.835. The third kappa shape index (κ3) is 5.77. The van der Waals surface area contributed by atoms with Crippen LogP contribution in [-0.2, 0) is 16.1 Å². The van der Waals surface area contributed by atoms with Crippen LogP contribution in [0.3, 0.4) is 0 Å². The Morgan fingerprint density at radius 3 is 2.62 bits per heavy atom. The van der Waals surface area contributed by atoms with E-state index in [2.05, 4.69) is 17.0 Å². The number of hydrogen-bond acceptors (Lipinski definition) is 8. The van der Waals surface area contributed by atoms with Gasteiger partial charge in [-0.15, -0.1) is 0 Å². The number of carbonyl (C=O) groups excluding carboxylic acids is 1. The summed E-state index contributed by atoms with van der Waals surface area (Å²) in [6.07, 6.45) is 0.693. The summed E-state index contributed by atoms with van der Waals surface area (Å²) in [5.41, 5.74) is 4.90. The molecule has 0 aliphatic carbocycles. The second-order valence-corrected chi connectivity index (χ2v) is 7.03. The molecule has 1 heterocycles. The first-order valence-electron chi connectivity index (χ1n) is 10.2. The number of nitrogens with two attached hydrogens (primary N) is 1. The molecular formula is C22H23F2N5O5. The van der Waals surface area contributed by atoms with Crippen molar-refractivity contribution in [1.29, 1.82) is 0 Å². The SMILES string of the molecule is C=CCOC(=O)C(C)Oc1ccc(Oc2cc(-n3nnn(CCCF)c3=O)c(F)cc2N)cc1. The molecule has 0 fully saturated rings. The lowest BCUT2D eigenvalue weighted by Crippen LogP contribution is -2.26. The average Bonchev–Trinajstić information content (AvgIpc) is 3.18. The standard InChI is InChI=1S/C22H23F2N5O5/c1-3-11-32-21(30)14(2)33-15-5-7-16(8-6-15)34-20-13-19(17(24)12-18(20)25)29-22(31)28(26-27-29)10-4-9-23/h3,5-8,12-14H,1,4,9-11,25H2,2H3. The minimum Gasteiger partial charge on any atom is -0.479 e. The summed E-state index contributed by atoms with van der Waals surface area (Å²) in [6.45, 7) is 4.48. The lowest BCUT2D eigenvalue weighted by Gasteiger charge is -2.14. The predicted octanol–water partition coefficient (Wildman–Crippen LogP) is 2.80. The van der Waals surface area contributed by atoms with Gasteiger partial charge in [-0.2, -0.15) is 9.36 Å². The summed E-state index contributed by atoms with van der Waals surface area (Å²) in [4.78, 5) is 24.2. The van der Waals surface area contributed by atoms with Gasteiger partial charge >= 0.3 is 11.7 Å². The fraction of sp³-hybridized carbons (Fsp3) is 0.273. The first kappa shape index (κ1) is 24.4. The van der Waals surface area contributed by atoms with Crippen molar-refractivity contribution >= 4 is 11.7 Å². The van der Waals surface area contributed by atoms with Gasteiger partial charge in [-0.3, -0.25) is 4.39 Å². The normalized spacial score (nSPS) is 11.6. The summed E-state index contributed by atoms with van der Waals surface area (Å²) < 4.78 is 44.8. The lowest BCUT2D eigenvalue weighted by atomic mass is 10.2. The molecule has 0 amide bonds. The van der Waals surface area contributed by atoms with Crippen molar-refractivity contribution in [2.45, 2.75) is 26.0 Å².